The fourth-order valence-corrected chi connectivity index (χ4v) is 3.66. The lowest BCUT2D eigenvalue weighted by atomic mass is 10.0. The molecule has 2 heterocycles. The molecule has 0 spiro atoms. The van der Waals surface area contributed by atoms with Gasteiger partial charge in [0.1, 0.15) is 0 Å². The highest BCUT2D eigenvalue weighted by atomic mass is 79.9. The van der Waals surface area contributed by atoms with E-state index in [-0.39, 0.29) is 0 Å². The predicted molar refractivity (Wildman–Crippen MR) is 67.6 cm³/mol. The number of hydrogen-bond donors (Lipinski definition) is 0. The molecular weight excluding hydrogens is 250 g/mol. The second-order valence-electron chi connectivity index (χ2n) is 4.63. The Morgan fingerprint density at radius 1 is 1.07 bits per heavy atom. The summed E-state index contributed by atoms with van der Waals surface area (Å²) in [5.74, 6) is 0. The molecule has 1 nitrogen and oxygen atoms in total. The van der Waals surface area contributed by atoms with Gasteiger partial charge in [-0.1, -0.05) is 34.1 Å². The number of halogens is 1. The zero-order valence-electron chi connectivity index (χ0n) is 8.82. The minimum absolute atomic E-state index is 0.829. The zero-order chi connectivity index (χ0) is 10.3. The van der Waals surface area contributed by atoms with Crippen LogP contribution in [0.5, 0.6) is 0 Å². The fourth-order valence-electron chi connectivity index (χ4n) is 3.18. The van der Waals surface area contributed by atoms with E-state index in [1.807, 2.05) is 0 Å². The maximum Gasteiger partial charge on any atom is 0.0412 e. The summed E-state index contributed by atoms with van der Waals surface area (Å²) >= 11 is 3.59. The third kappa shape index (κ3) is 1.50. The third-order valence-corrected chi connectivity index (χ3v) is 4.47. The van der Waals surface area contributed by atoms with Crippen LogP contribution in [0.3, 0.4) is 0 Å². The summed E-state index contributed by atoms with van der Waals surface area (Å²) in [7, 11) is 0. The number of anilines is 1. The Morgan fingerprint density at radius 2 is 1.67 bits per heavy atom. The van der Waals surface area contributed by atoms with E-state index in [1.54, 1.807) is 0 Å². The van der Waals surface area contributed by atoms with Crippen LogP contribution in [-0.4, -0.2) is 12.1 Å². The number of benzene rings is 1. The van der Waals surface area contributed by atoms with E-state index in [4.69, 9.17) is 0 Å². The van der Waals surface area contributed by atoms with Crippen LogP contribution in [0.1, 0.15) is 31.2 Å². The maximum atomic E-state index is 3.59. The summed E-state index contributed by atoms with van der Waals surface area (Å²) < 4.78 is 0. The Morgan fingerprint density at radius 3 is 2.27 bits per heavy atom. The largest absolute Gasteiger partial charge is 0.365 e. The molecule has 0 unspecified atom stereocenters. The van der Waals surface area contributed by atoms with Crippen LogP contribution < -0.4 is 4.90 Å². The molecular formula is C13H16BrN. The van der Waals surface area contributed by atoms with E-state index < -0.39 is 0 Å². The molecule has 2 fully saturated rings. The van der Waals surface area contributed by atoms with Gasteiger partial charge in [-0.25, -0.2) is 0 Å². The van der Waals surface area contributed by atoms with Gasteiger partial charge in [-0.05, 0) is 37.3 Å². The molecule has 0 N–H and O–H groups in total. The van der Waals surface area contributed by atoms with E-state index in [2.05, 4.69) is 45.1 Å². The Balaban J connectivity index is 1.98. The smallest absolute Gasteiger partial charge is 0.0412 e. The van der Waals surface area contributed by atoms with Crippen molar-refractivity contribution < 1.29 is 0 Å². The predicted octanol–water partition coefficient (Wildman–Crippen LogP) is 3.71. The summed E-state index contributed by atoms with van der Waals surface area (Å²) in [5, 5.41) is 0.971. The molecule has 2 saturated heterocycles. The number of alkyl halides is 1. The molecule has 2 aliphatic heterocycles. The maximum absolute atomic E-state index is 3.59. The summed E-state index contributed by atoms with van der Waals surface area (Å²) in [6.45, 7) is 0. The Labute approximate surface area is 99.6 Å². The summed E-state index contributed by atoms with van der Waals surface area (Å²) in [6.07, 6.45) is 5.62. The van der Waals surface area contributed by atoms with Crippen molar-refractivity contribution >= 4 is 21.6 Å². The number of fused-ring (bicyclic) bond motifs is 2. The molecule has 2 heteroatoms. The molecule has 0 aromatic heterocycles. The first-order valence-electron chi connectivity index (χ1n) is 5.82. The van der Waals surface area contributed by atoms with Gasteiger partial charge < -0.3 is 4.90 Å². The number of rotatable bonds is 2. The molecule has 1 aromatic carbocycles. The molecule has 1 aromatic rings. The standard InChI is InChI=1S/C13H16BrN/c14-9-10-3-1-2-4-13(10)15-11-5-6-12(15)8-7-11/h1-4,11-12H,5-9H2. The average molecular weight is 266 g/mol. The minimum Gasteiger partial charge on any atom is -0.365 e. The Bertz CT molecular complexity index is 343. The highest BCUT2D eigenvalue weighted by molar-refractivity contribution is 9.08. The highest BCUT2D eigenvalue weighted by Gasteiger charge is 2.39. The quantitative estimate of drug-likeness (QED) is 0.737. The highest BCUT2D eigenvalue weighted by Crippen LogP contribution is 2.42. The molecule has 0 aliphatic carbocycles. The van der Waals surface area contributed by atoms with E-state index in [0.717, 1.165) is 17.4 Å². The average Bonchev–Trinajstić information content (AvgIpc) is 2.88. The van der Waals surface area contributed by atoms with Crippen LogP contribution in [0.4, 0.5) is 5.69 Å². The van der Waals surface area contributed by atoms with Crippen LogP contribution in [0.2, 0.25) is 0 Å². The SMILES string of the molecule is BrCc1ccccc1N1C2CCC1CC2. The summed E-state index contributed by atoms with van der Waals surface area (Å²) in [5.41, 5.74) is 2.91. The van der Waals surface area contributed by atoms with Crippen molar-refractivity contribution in [2.24, 2.45) is 0 Å². The van der Waals surface area contributed by atoms with Crippen molar-refractivity contribution in [1.82, 2.24) is 0 Å². The molecule has 0 atom stereocenters. The summed E-state index contributed by atoms with van der Waals surface area (Å²) in [4.78, 5) is 2.68. The van der Waals surface area contributed by atoms with Crippen molar-refractivity contribution in [3.63, 3.8) is 0 Å². The van der Waals surface area contributed by atoms with Gasteiger partial charge in [0.15, 0.2) is 0 Å². The van der Waals surface area contributed by atoms with E-state index in [9.17, 15) is 0 Å². The van der Waals surface area contributed by atoms with Gasteiger partial charge in [-0.15, -0.1) is 0 Å². The zero-order valence-corrected chi connectivity index (χ0v) is 10.4. The van der Waals surface area contributed by atoms with Crippen molar-refractivity contribution in [2.45, 2.75) is 43.1 Å². The first kappa shape index (κ1) is 9.71. The second-order valence-corrected chi connectivity index (χ2v) is 5.19. The minimum atomic E-state index is 0.829. The van der Waals surface area contributed by atoms with Crippen LogP contribution in [-0.2, 0) is 5.33 Å². The van der Waals surface area contributed by atoms with E-state index >= 15 is 0 Å². The monoisotopic (exact) mass is 265 g/mol. The van der Waals surface area contributed by atoms with Crippen molar-refractivity contribution in [3.05, 3.63) is 29.8 Å². The van der Waals surface area contributed by atoms with Crippen molar-refractivity contribution in [3.8, 4) is 0 Å². The lowest BCUT2D eigenvalue weighted by molar-refractivity contribution is 0.576. The van der Waals surface area contributed by atoms with E-state index in [0.29, 0.717) is 0 Å². The molecule has 0 radical (unpaired) electrons. The molecule has 2 bridgehead atoms. The van der Waals surface area contributed by atoms with Gasteiger partial charge >= 0.3 is 0 Å². The van der Waals surface area contributed by atoms with Crippen molar-refractivity contribution in [2.75, 3.05) is 4.90 Å². The fraction of sp³-hybridized carbons (Fsp3) is 0.538. The van der Waals surface area contributed by atoms with Crippen LogP contribution >= 0.6 is 15.9 Å². The number of hydrogen-bond acceptors (Lipinski definition) is 1. The van der Waals surface area contributed by atoms with Crippen molar-refractivity contribution in [1.29, 1.82) is 0 Å². The molecule has 80 valence electrons. The summed E-state index contributed by atoms with van der Waals surface area (Å²) in [6, 6.07) is 10.5. The first-order valence-corrected chi connectivity index (χ1v) is 6.94. The van der Waals surface area contributed by atoms with Gasteiger partial charge in [-0.2, -0.15) is 0 Å². The van der Waals surface area contributed by atoms with Gasteiger partial charge in [0, 0.05) is 23.1 Å². The van der Waals surface area contributed by atoms with Gasteiger partial charge in [-0.3, -0.25) is 0 Å². The van der Waals surface area contributed by atoms with Gasteiger partial charge in [0.25, 0.3) is 0 Å². The lowest BCUT2D eigenvalue weighted by Gasteiger charge is -2.26. The Hall–Kier alpha value is -0.500. The normalized spacial score (nSPS) is 28.7. The molecule has 3 rings (SSSR count). The Kier molecular flexibility index (Phi) is 2.47. The van der Waals surface area contributed by atoms with Crippen LogP contribution in [0, 0.1) is 0 Å². The van der Waals surface area contributed by atoms with Crippen LogP contribution in [0.15, 0.2) is 24.3 Å². The molecule has 0 saturated carbocycles. The number of para-hydroxylation sites is 1. The number of nitrogens with zero attached hydrogens (tertiary/aromatic N) is 1. The third-order valence-electron chi connectivity index (χ3n) is 3.87. The molecule has 15 heavy (non-hydrogen) atoms. The van der Waals surface area contributed by atoms with E-state index in [1.165, 1.54) is 36.9 Å². The van der Waals surface area contributed by atoms with Crippen LogP contribution in [0.25, 0.3) is 0 Å². The molecule has 0 amide bonds. The van der Waals surface area contributed by atoms with Gasteiger partial charge in [0.2, 0.25) is 0 Å². The first-order chi connectivity index (χ1) is 7.40. The lowest BCUT2D eigenvalue weighted by Crippen LogP contribution is -2.28. The second kappa shape index (κ2) is 3.82. The van der Waals surface area contributed by atoms with Gasteiger partial charge in [0.05, 0.1) is 0 Å². The topological polar surface area (TPSA) is 3.24 Å². The molecule has 2 aliphatic rings.